The second kappa shape index (κ2) is 9.10. The molecule has 1 unspecified atom stereocenters. The molecular formula is C23H20ClF2N3O3. The number of hydrogen-bond donors (Lipinski definition) is 3. The van der Waals surface area contributed by atoms with Crippen LogP contribution in [-0.2, 0) is 4.79 Å². The van der Waals surface area contributed by atoms with Crippen LogP contribution in [0.1, 0.15) is 0 Å². The monoisotopic (exact) mass is 459 g/mol. The van der Waals surface area contributed by atoms with E-state index >= 15 is 0 Å². The van der Waals surface area contributed by atoms with Crippen molar-refractivity contribution < 1.29 is 18.7 Å². The van der Waals surface area contributed by atoms with Crippen molar-refractivity contribution in [1.29, 1.82) is 0 Å². The minimum atomic E-state index is -1.34. The maximum atomic E-state index is 14.6. The van der Waals surface area contributed by atoms with Gasteiger partial charge in [-0.25, -0.2) is 4.39 Å². The van der Waals surface area contributed by atoms with Gasteiger partial charge < -0.3 is 15.7 Å². The highest BCUT2D eigenvalue weighted by molar-refractivity contribution is 6.30. The van der Waals surface area contributed by atoms with Gasteiger partial charge in [0.25, 0.3) is 5.56 Å². The lowest BCUT2D eigenvalue weighted by atomic mass is 10.2. The van der Waals surface area contributed by atoms with Gasteiger partial charge in [0.05, 0.1) is 24.0 Å². The highest BCUT2D eigenvalue weighted by Crippen LogP contribution is 2.49. The summed E-state index contributed by atoms with van der Waals surface area (Å²) in [5.74, 6) is -3.29. The maximum Gasteiger partial charge on any atom is 0.255 e. The summed E-state index contributed by atoms with van der Waals surface area (Å²) >= 11 is 5.82. The van der Waals surface area contributed by atoms with Crippen LogP contribution >= 0.6 is 11.6 Å². The Bertz CT molecular complexity index is 1190. The fourth-order valence-electron chi connectivity index (χ4n) is 3.83. The zero-order valence-corrected chi connectivity index (χ0v) is 17.5. The Hall–Kier alpha value is -3.23. The van der Waals surface area contributed by atoms with Gasteiger partial charge in [-0.2, -0.15) is 0 Å². The van der Waals surface area contributed by atoms with Gasteiger partial charge >= 0.3 is 0 Å². The van der Waals surface area contributed by atoms with Crippen LogP contribution in [0.5, 0.6) is 0 Å². The summed E-state index contributed by atoms with van der Waals surface area (Å²) in [5, 5.41) is 16.3. The molecule has 0 spiro atoms. The van der Waals surface area contributed by atoms with Crippen molar-refractivity contribution in [3.63, 3.8) is 0 Å². The zero-order chi connectivity index (χ0) is 22.8. The third kappa shape index (κ3) is 4.51. The highest BCUT2D eigenvalue weighted by Gasteiger charge is 2.58. The van der Waals surface area contributed by atoms with Gasteiger partial charge in [0.1, 0.15) is 12.0 Å². The molecule has 0 saturated heterocycles. The average Bonchev–Trinajstić information content (AvgIpc) is 3.52. The second-order valence-electron chi connectivity index (χ2n) is 7.58. The van der Waals surface area contributed by atoms with Crippen LogP contribution in [0.4, 0.5) is 20.2 Å². The van der Waals surface area contributed by atoms with Gasteiger partial charge in [-0.15, -0.1) is 0 Å². The number of pyridine rings is 1. The summed E-state index contributed by atoms with van der Waals surface area (Å²) < 4.78 is 29.3. The summed E-state index contributed by atoms with van der Waals surface area (Å²) in [5.41, 5.74) is 0.488. The summed E-state index contributed by atoms with van der Waals surface area (Å²) in [6.45, 7) is -0.791. The Balaban J connectivity index is 1.44. The molecule has 166 valence electrons. The van der Waals surface area contributed by atoms with Crippen LogP contribution in [0, 0.1) is 23.6 Å². The van der Waals surface area contributed by atoms with Crippen LogP contribution in [-0.4, -0.2) is 28.5 Å². The van der Waals surface area contributed by atoms with Crippen molar-refractivity contribution in [2.75, 3.05) is 17.3 Å². The van der Waals surface area contributed by atoms with Crippen molar-refractivity contribution in [3.8, 4) is 5.69 Å². The molecule has 32 heavy (non-hydrogen) atoms. The Morgan fingerprint density at radius 1 is 1.16 bits per heavy atom. The third-order valence-corrected chi connectivity index (χ3v) is 5.80. The lowest BCUT2D eigenvalue weighted by molar-refractivity contribution is -0.118. The number of carbonyl (C=O) groups excluding carboxylic acids is 1. The Morgan fingerprint density at radius 2 is 1.91 bits per heavy atom. The molecule has 6 nitrogen and oxygen atoms in total. The number of nitrogens with zero attached hydrogens (tertiary/aromatic N) is 1. The number of carbonyl (C=O) groups is 1. The normalized spacial score (nSPS) is 20.4. The number of benzene rings is 2. The fourth-order valence-corrected chi connectivity index (χ4v) is 3.95. The molecule has 9 heteroatoms. The molecule has 1 aliphatic rings. The molecule has 1 fully saturated rings. The smallest absolute Gasteiger partial charge is 0.255 e. The third-order valence-electron chi connectivity index (χ3n) is 5.54. The van der Waals surface area contributed by atoms with Gasteiger partial charge in [-0.1, -0.05) is 17.7 Å². The Labute approximate surface area is 187 Å². The number of rotatable bonds is 7. The maximum absolute atomic E-state index is 14.6. The molecule has 1 heterocycles. The molecule has 0 radical (unpaired) electrons. The Morgan fingerprint density at radius 3 is 2.56 bits per heavy atom. The number of nitrogens with one attached hydrogen (secondary N) is 2. The van der Waals surface area contributed by atoms with E-state index in [1.807, 2.05) is 0 Å². The molecule has 0 bridgehead atoms. The van der Waals surface area contributed by atoms with Crippen molar-refractivity contribution in [1.82, 2.24) is 4.57 Å². The minimum absolute atomic E-state index is 0.0217. The number of anilines is 2. The first-order chi connectivity index (χ1) is 15.4. The van der Waals surface area contributed by atoms with E-state index in [-0.39, 0.29) is 11.2 Å². The highest BCUT2D eigenvalue weighted by atomic mass is 35.5. The summed E-state index contributed by atoms with van der Waals surface area (Å²) in [6, 6.07) is 15.1. The van der Waals surface area contributed by atoms with E-state index in [2.05, 4.69) is 10.6 Å². The molecule has 3 aromatic rings. The van der Waals surface area contributed by atoms with E-state index < -0.39 is 42.4 Å². The van der Waals surface area contributed by atoms with E-state index in [9.17, 15) is 23.5 Å². The standard InChI is InChI=1S/C23H20ClF2N3O3/c24-13-4-6-14(7-5-13)27-22(31)20-16(12-25)21(20)23(32)28-18-9-8-15(11-17(18)26)29-10-2-1-3-19(29)30/h1-11,16,20-21,23,28,32H,12H2,(H,27,31)/t16-,20-,21+,23?/m0/s1. The quantitative estimate of drug-likeness (QED) is 0.469. The Kier molecular flexibility index (Phi) is 6.25. The lowest BCUT2D eigenvalue weighted by Crippen LogP contribution is -2.26. The van der Waals surface area contributed by atoms with Crippen molar-refractivity contribution in [2.45, 2.75) is 6.23 Å². The first-order valence-electron chi connectivity index (χ1n) is 9.93. The van der Waals surface area contributed by atoms with E-state index in [0.717, 1.165) is 6.07 Å². The molecule has 1 saturated carbocycles. The van der Waals surface area contributed by atoms with Gasteiger partial charge in [0, 0.05) is 40.9 Å². The molecule has 1 amide bonds. The second-order valence-corrected chi connectivity index (χ2v) is 8.02. The number of aliphatic hydroxyl groups is 1. The van der Waals surface area contributed by atoms with Gasteiger partial charge in [0.15, 0.2) is 0 Å². The predicted molar refractivity (Wildman–Crippen MR) is 118 cm³/mol. The molecule has 3 N–H and O–H groups in total. The average molecular weight is 460 g/mol. The van der Waals surface area contributed by atoms with Gasteiger partial charge in [-0.3, -0.25) is 18.5 Å². The van der Waals surface area contributed by atoms with Crippen molar-refractivity contribution in [2.24, 2.45) is 17.8 Å². The lowest BCUT2D eigenvalue weighted by Gasteiger charge is -2.16. The van der Waals surface area contributed by atoms with Crippen LogP contribution < -0.4 is 16.2 Å². The molecule has 2 aromatic carbocycles. The number of alkyl halides is 1. The first kappa shape index (κ1) is 22.0. The number of amides is 1. The van der Waals surface area contributed by atoms with E-state index in [0.29, 0.717) is 16.4 Å². The molecule has 1 aromatic heterocycles. The van der Waals surface area contributed by atoms with Gasteiger partial charge in [0.2, 0.25) is 5.91 Å². The number of halogens is 3. The number of aromatic nitrogens is 1. The minimum Gasteiger partial charge on any atom is -0.373 e. The van der Waals surface area contributed by atoms with Crippen molar-refractivity contribution >= 4 is 28.9 Å². The van der Waals surface area contributed by atoms with Crippen LogP contribution in [0.15, 0.2) is 71.7 Å². The first-order valence-corrected chi connectivity index (χ1v) is 10.3. The summed E-state index contributed by atoms with van der Waals surface area (Å²) in [7, 11) is 0. The predicted octanol–water partition coefficient (Wildman–Crippen LogP) is 3.83. The topological polar surface area (TPSA) is 83.4 Å². The SMILES string of the molecule is O=C(Nc1ccc(Cl)cc1)[C@H]1[C@H](CF)[C@H]1C(O)Nc1ccc(-n2ccccc2=O)cc1F. The van der Waals surface area contributed by atoms with Crippen LogP contribution in [0.2, 0.25) is 5.02 Å². The zero-order valence-electron chi connectivity index (χ0n) is 16.7. The molecule has 1 aliphatic carbocycles. The summed E-state index contributed by atoms with van der Waals surface area (Å²) in [6.07, 6.45) is 0.176. The fraction of sp³-hybridized carbons (Fsp3) is 0.217. The summed E-state index contributed by atoms with van der Waals surface area (Å²) in [4.78, 5) is 24.5. The van der Waals surface area contributed by atoms with Crippen LogP contribution in [0.25, 0.3) is 5.69 Å². The van der Waals surface area contributed by atoms with Gasteiger partial charge in [-0.05, 0) is 42.5 Å². The largest absolute Gasteiger partial charge is 0.373 e. The molecular weight excluding hydrogens is 440 g/mol. The molecule has 0 aliphatic heterocycles. The van der Waals surface area contributed by atoms with Crippen LogP contribution in [0.3, 0.4) is 0 Å². The van der Waals surface area contributed by atoms with E-state index in [1.54, 1.807) is 36.4 Å². The molecule has 4 rings (SSSR count). The van der Waals surface area contributed by atoms with E-state index in [4.69, 9.17) is 11.6 Å². The number of aliphatic hydroxyl groups excluding tert-OH is 1. The molecule has 4 atom stereocenters. The van der Waals surface area contributed by atoms with Crippen molar-refractivity contribution in [3.05, 3.63) is 88.1 Å². The number of hydrogen-bond acceptors (Lipinski definition) is 4. The van der Waals surface area contributed by atoms with E-state index in [1.165, 1.54) is 29.0 Å².